The zero-order chi connectivity index (χ0) is 8.77. The van der Waals surface area contributed by atoms with Gasteiger partial charge in [0.05, 0.1) is 12.3 Å². The van der Waals surface area contributed by atoms with E-state index in [0.717, 1.165) is 6.07 Å². The molecule has 12 heavy (non-hydrogen) atoms. The van der Waals surface area contributed by atoms with Crippen molar-refractivity contribution in [3.63, 3.8) is 0 Å². The SMILES string of the molecule is FC(F)(F)c1cc([C@H]2CO2)[nH]n1. The molecule has 1 N–H and O–H groups in total. The molecular weight excluding hydrogens is 173 g/mol. The largest absolute Gasteiger partial charge is 0.435 e. The van der Waals surface area contributed by atoms with Crippen molar-refractivity contribution in [2.45, 2.75) is 12.3 Å². The van der Waals surface area contributed by atoms with Crippen molar-refractivity contribution in [1.82, 2.24) is 10.2 Å². The fourth-order valence-corrected chi connectivity index (χ4v) is 0.874. The van der Waals surface area contributed by atoms with Gasteiger partial charge in [0.2, 0.25) is 0 Å². The number of ether oxygens (including phenoxy) is 1. The topological polar surface area (TPSA) is 41.2 Å². The predicted molar refractivity (Wildman–Crippen MR) is 32.3 cm³/mol. The van der Waals surface area contributed by atoms with Gasteiger partial charge in [0.1, 0.15) is 6.10 Å². The van der Waals surface area contributed by atoms with E-state index in [1.54, 1.807) is 0 Å². The Bertz CT molecular complexity index is 289. The Labute approximate surface area is 65.5 Å². The van der Waals surface area contributed by atoms with E-state index in [0.29, 0.717) is 12.3 Å². The molecule has 0 aliphatic carbocycles. The molecule has 0 amide bonds. The van der Waals surface area contributed by atoms with E-state index in [9.17, 15) is 13.2 Å². The van der Waals surface area contributed by atoms with Gasteiger partial charge in [-0.1, -0.05) is 0 Å². The zero-order valence-electron chi connectivity index (χ0n) is 5.85. The number of epoxide rings is 1. The number of nitrogens with zero attached hydrogens (tertiary/aromatic N) is 1. The van der Waals surface area contributed by atoms with Crippen molar-refractivity contribution in [2.75, 3.05) is 6.61 Å². The lowest BCUT2D eigenvalue weighted by Gasteiger charge is -1.98. The number of alkyl halides is 3. The zero-order valence-corrected chi connectivity index (χ0v) is 5.85. The molecule has 1 saturated heterocycles. The first-order chi connectivity index (χ1) is 5.57. The molecule has 3 nitrogen and oxygen atoms in total. The summed E-state index contributed by atoms with van der Waals surface area (Å²) in [5, 5.41) is 5.40. The van der Waals surface area contributed by atoms with Crippen LogP contribution in [0.1, 0.15) is 17.5 Å². The van der Waals surface area contributed by atoms with Gasteiger partial charge in [0, 0.05) is 0 Å². The Hall–Kier alpha value is -1.04. The van der Waals surface area contributed by atoms with Crippen LogP contribution in [0.25, 0.3) is 0 Å². The summed E-state index contributed by atoms with van der Waals surface area (Å²) in [4.78, 5) is 0. The van der Waals surface area contributed by atoms with Gasteiger partial charge < -0.3 is 4.74 Å². The van der Waals surface area contributed by atoms with Crippen LogP contribution in [0.2, 0.25) is 0 Å². The minimum absolute atomic E-state index is 0.214. The number of aromatic amines is 1. The Morgan fingerprint density at radius 1 is 1.58 bits per heavy atom. The molecule has 1 aliphatic heterocycles. The van der Waals surface area contributed by atoms with Crippen LogP contribution >= 0.6 is 0 Å². The molecule has 0 unspecified atom stereocenters. The van der Waals surface area contributed by atoms with Gasteiger partial charge in [-0.25, -0.2) is 0 Å². The van der Waals surface area contributed by atoms with Crippen LogP contribution in [0, 0.1) is 0 Å². The van der Waals surface area contributed by atoms with Crippen LogP contribution < -0.4 is 0 Å². The van der Waals surface area contributed by atoms with Crippen LogP contribution in [0.15, 0.2) is 6.07 Å². The normalized spacial score (nSPS) is 22.8. The van der Waals surface area contributed by atoms with Crippen LogP contribution in [-0.2, 0) is 10.9 Å². The third-order valence-corrected chi connectivity index (χ3v) is 1.57. The first-order valence-corrected chi connectivity index (χ1v) is 3.31. The summed E-state index contributed by atoms with van der Waals surface area (Å²) in [5.41, 5.74) is -0.504. The maximum absolute atomic E-state index is 12.0. The maximum Gasteiger partial charge on any atom is 0.435 e. The fraction of sp³-hybridized carbons (Fsp3) is 0.500. The molecule has 1 fully saturated rings. The second-order valence-corrected chi connectivity index (χ2v) is 2.53. The summed E-state index contributed by atoms with van der Waals surface area (Å²) in [6.45, 7) is 0.472. The molecule has 0 bridgehead atoms. The number of nitrogens with one attached hydrogen (secondary N) is 1. The molecule has 1 aliphatic rings. The molecule has 1 aromatic rings. The van der Waals surface area contributed by atoms with E-state index in [1.807, 2.05) is 0 Å². The standard InChI is InChI=1S/C6H5F3N2O/c7-6(8,9)5-1-3(10-11-5)4-2-12-4/h1,4H,2H2,(H,10,11)/t4-/m1/s1. The second-order valence-electron chi connectivity index (χ2n) is 2.53. The van der Waals surface area contributed by atoms with Gasteiger partial charge in [-0.2, -0.15) is 18.3 Å². The number of H-pyrrole nitrogens is 1. The van der Waals surface area contributed by atoms with Crippen molar-refractivity contribution in [3.05, 3.63) is 17.5 Å². The van der Waals surface area contributed by atoms with Gasteiger partial charge in [-0.3, -0.25) is 5.10 Å². The van der Waals surface area contributed by atoms with Crippen molar-refractivity contribution >= 4 is 0 Å². The van der Waals surface area contributed by atoms with E-state index in [4.69, 9.17) is 4.74 Å². The quantitative estimate of drug-likeness (QED) is 0.662. The first-order valence-electron chi connectivity index (χ1n) is 3.31. The summed E-state index contributed by atoms with van der Waals surface area (Å²) < 4.78 is 40.7. The van der Waals surface area contributed by atoms with Gasteiger partial charge in [0.25, 0.3) is 0 Å². The Morgan fingerprint density at radius 2 is 2.25 bits per heavy atom. The van der Waals surface area contributed by atoms with E-state index >= 15 is 0 Å². The molecule has 1 aromatic heterocycles. The van der Waals surface area contributed by atoms with E-state index in [1.165, 1.54) is 0 Å². The number of hydrogen-bond acceptors (Lipinski definition) is 2. The molecule has 0 aromatic carbocycles. The lowest BCUT2D eigenvalue weighted by atomic mass is 10.3. The fourth-order valence-electron chi connectivity index (χ4n) is 0.874. The van der Waals surface area contributed by atoms with Crippen LogP contribution in [-0.4, -0.2) is 16.8 Å². The summed E-state index contributed by atoms with van der Waals surface area (Å²) in [5.74, 6) is 0. The third kappa shape index (κ3) is 1.29. The predicted octanol–water partition coefficient (Wildman–Crippen LogP) is 1.50. The van der Waals surface area contributed by atoms with Gasteiger partial charge in [0.15, 0.2) is 5.69 Å². The van der Waals surface area contributed by atoms with Crippen LogP contribution in [0.3, 0.4) is 0 Å². The van der Waals surface area contributed by atoms with E-state index in [-0.39, 0.29) is 6.10 Å². The summed E-state index contributed by atoms with van der Waals surface area (Å²) >= 11 is 0. The number of hydrogen-bond donors (Lipinski definition) is 1. The molecule has 0 saturated carbocycles. The highest BCUT2D eigenvalue weighted by atomic mass is 19.4. The lowest BCUT2D eigenvalue weighted by Crippen LogP contribution is -2.04. The average molecular weight is 178 g/mol. The average Bonchev–Trinajstić information content (AvgIpc) is 2.66. The van der Waals surface area contributed by atoms with Gasteiger partial charge in [-0.05, 0) is 6.07 Å². The third-order valence-electron chi connectivity index (χ3n) is 1.57. The van der Waals surface area contributed by atoms with Crippen molar-refractivity contribution in [1.29, 1.82) is 0 Å². The highest BCUT2D eigenvalue weighted by Crippen LogP contribution is 2.33. The highest BCUT2D eigenvalue weighted by molar-refractivity contribution is 5.16. The number of halogens is 3. The minimum atomic E-state index is -4.37. The van der Waals surface area contributed by atoms with Gasteiger partial charge >= 0.3 is 6.18 Å². The van der Waals surface area contributed by atoms with Gasteiger partial charge in [-0.15, -0.1) is 0 Å². The molecule has 0 radical (unpaired) electrons. The van der Waals surface area contributed by atoms with Crippen molar-refractivity contribution < 1.29 is 17.9 Å². The smallest absolute Gasteiger partial charge is 0.366 e. The van der Waals surface area contributed by atoms with Crippen molar-refractivity contribution in [2.24, 2.45) is 0 Å². The van der Waals surface area contributed by atoms with Crippen LogP contribution in [0.4, 0.5) is 13.2 Å². The lowest BCUT2D eigenvalue weighted by molar-refractivity contribution is -0.141. The molecular formula is C6H5F3N2O. The highest BCUT2D eigenvalue weighted by Gasteiger charge is 2.36. The molecule has 1 atom stereocenters. The van der Waals surface area contributed by atoms with Crippen LogP contribution in [0.5, 0.6) is 0 Å². The first kappa shape index (κ1) is 7.60. The van der Waals surface area contributed by atoms with E-state index in [2.05, 4.69) is 10.2 Å². The molecule has 2 heterocycles. The monoisotopic (exact) mass is 178 g/mol. The second kappa shape index (κ2) is 2.22. The van der Waals surface area contributed by atoms with Crippen molar-refractivity contribution in [3.8, 4) is 0 Å². The summed E-state index contributed by atoms with van der Waals surface area (Å²) in [6.07, 6.45) is -4.59. The van der Waals surface area contributed by atoms with E-state index < -0.39 is 11.9 Å². The minimum Gasteiger partial charge on any atom is -0.366 e. The summed E-state index contributed by atoms with van der Waals surface area (Å²) in [7, 11) is 0. The maximum atomic E-state index is 12.0. The molecule has 2 rings (SSSR count). The number of rotatable bonds is 1. The number of aromatic nitrogens is 2. The Kier molecular flexibility index (Phi) is 1.41. The molecule has 0 spiro atoms. The molecule has 66 valence electrons. The Balaban J connectivity index is 2.23. The summed E-state index contributed by atoms with van der Waals surface area (Å²) in [6, 6.07) is 0.970. The molecule has 6 heteroatoms. The Morgan fingerprint density at radius 3 is 2.67 bits per heavy atom.